The number of piperazine rings is 1. The SMILES string of the molecule is COc1cc2c(cc1OC)CN(c1cc(Cl)nc(SCc3cccc(C(=O)N4CCN(C(C)=O)CC4)c3)n1)CC2. The Bertz CT molecular complexity index is 1410. The molecule has 9 nitrogen and oxygen atoms in total. The van der Waals surface area contributed by atoms with E-state index >= 15 is 0 Å². The van der Waals surface area contributed by atoms with Crippen LogP contribution in [0.5, 0.6) is 11.5 Å². The first kappa shape index (κ1) is 28.0. The fourth-order valence-corrected chi connectivity index (χ4v) is 6.06. The Kier molecular flexibility index (Phi) is 8.66. The maximum Gasteiger partial charge on any atom is 0.253 e. The van der Waals surface area contributed by atoms with Crippen molar-refractivity contribution in [1.29, 1.82) is 0 Å². The van der Waals surface area contributed by atoms with Gasteiger partial charge in [0.25, 0.3) is 5.91 Å². The Morgan fingerprint density at radius 2 is 1.62 bits per heavy atom. The van der Waals surface area contributed by atoms with Gasteiger partial charge in [0.05, 0.1) is 14.2 Å². The highest BCUT2D eigenvalue weighted by atomic mass is 35.5. The molecule has 0 unspecified atom stereocenters. The minimum Gasteiger partial charge on any atom is -0.493 e. The zero-order valence-electron chi connectivity index (χ0n) is 22.9. The topological polar surface area (TPSA) is 88.1 Å². The van der Waals surface area contributed by atoms with Crippen LogP contribution in [0.1, 0.15) is 34.0 Å². The number of thioether (sulfide) groups is 1. The summed E-state index contributed by atoms with van der Waals surface area (Å²) >= 11 is 7.90. The van der Waals surface area contributed by atoms with E-state index in [0.717, 1.165) is 35.7 Å². The van der Waals surface area contributed by atoms with E-state index in [4.69, 9.17) is 26.1 Å². The molecule has 5 rings (SSSR count). The van der Waals surface area contributed by atoms with Crippen molar-refractivity contribution in [2.75, 3.05) is 51.8 Å². The number of rotatable bonds is 7. The maximum atomic E-state index is 13.1. The van der Waals surface area contributed by atoms with E-state index in [1.165, 1.54) is 17.3 Å². The van der Waals surface area contributed by atoms with Gasteiger partial charge in [0, 0.05) is 63.6 Å². The molecule has 40 heavy (non-hydrogen) atoms. The predicted molar refractivity (Wildman–Crippen MR) is 156 cm³/mol. The Balaban J connectivity index is 1.25. The third-order valence-corrected chi connectivity index (χ3v) is 8.37. The van der Waals surface area contributed by atoms with Crippen molar-refractivity contribution in [3.63, 3.8) is 0 Å². The normalized spacial score (nSPS) is 15.1. The van der Waals surface area contributed by atoms with Crippen LogP contribution in [0.2, 0.25) is 5.15 Å². The largest absolute Gasteiger partial charge is 0.493 e. The van der Waals surface area contributed by atoms with Gasteiger partial charge in [0.1, 0.15) is 11.0 Å². The highest BCUT2D eigenvalue weighted by Crippen LogP contribution is 2.35. The number of nitrogens with zero attached hydrogens (tertiary/aromatic N) is 5. The molecule has 0 spiro atoms. The number of hydrogen-bond acceptors (Lipinski definition) is 8. The quantitative estimate of drug-likeness (QED) is 0.232. The summed E-state index contributed by atoms with van der Waals surface area (Å²) in [6, 6.07) is 13.5. The molecule has 0 radical (unpaired) electrons. The van der Waals surface area contributed by atoms with Crippen LogP contribution in [0.4, 0.5) is 5.82 Å². The number of anilines is 1. The number of carbonyl (C=O) groups is 2. The van der Waals surface area contributed by atoms with E-state index in [1.807, 2.05) is 36.4 Å². The summed E-state index contributed by atoms with van der Waals surface area (Å²) in [5.41, 5.74) is 4.04. The van der Waals surface area contributed by atoms with Crippen LogP contribution in [0.3, 0.4) is 0 Å². The van der Waals surface area contributed by atoms with Crippen molar-refractivity contribution in [3.8, 4) is 11.5 Å². The molecule has 2 amide bonds. The number of carbonyl (C=O) groups excluding carboxylic acids is 2. The highest BCUT2D eigenvalue weighted by Gasteiger charge is 2.24. The average molecular weight is 582 g/mol. The van der Waals surface area contributed by atoms with E-state index in [0.29, 0.717) is 60.1 Å². The van der Waals surface area contributed by atoms with Crippen molar-refractivity contribution >= 4 is 41.0 Å². The van der Waals surface area contributed by atoms with Crippen LogP contribution in [-0.2, 0) is 23.5 Å². The number of aromatic nitrogens is 2. The lowest BCUT2D eigenvalue weighted by atomic mass is 9.99. The molecule has 0 saturated carbocycles. The minimum atomic E-state index is -0.0176. The van der Waals surface area contributed by atoms with E-state index < -0.39 is 0 Å². The number of hydrogen-bond donors (Lipinski definition) is 0. The molecule has 1 aromatic heterocycles. The van der Waals surface area contributed by atoms with Gasteiger partial charge < -0.3 is 24.2 Å². The summed E-state index contributed by atoms with van der Waals surface area (Å²) < 4.78 is 11.0. The van der Waals surface area contributed by atoms with Crippen molar-refractivity contribution in [2.45, 2.75) is 30.8 Å². The molecule has 2 aliphatic rings. The second-order valence-electron chi connectivity index (χ2n) is 9.77. The summed E-state index contributed by atoms with van der Waals surface area (Å²) in [5, 5.41) is 0.969. The molecule has 3 aromatic rings. The predicted octanol–water partition coefficient (Wildman–Crippen LogP) is 4.31. The van der Waals surface area contributed by atoms with Crippen molar-refractivity contribution in [3.05, 3.63) is 69.9 Å². The molecule has 0 N–H and O–H groups in total. The molecule has 2 aliphatic heterocycles. The zero-order valence-corrected chi connectivity index (χ0v) is 24.4. The van der Waals surface area contributed by atoms with Crippen LogP contribution >= 0.6 is 23.4 Å². The van der Waals surface area contributed by atoms with E-state index in [-0.39, 0.29) is 11.8 Å². The van der Waals surface area contributed by atoms with Crippen LogP contribution in [-0.4, -0.2) is 78.5 Å². The van der Waals surface area contributed by atoms with Gasteiger partial charge in [-0.25, -0.2) is 9.97 Å². The van der Waals surface area contributed by atoms with Crippen molar-refractivity contribution < 1.29 is 19.1 Å². The van der Waals surface area contributed by atoms with Crippen LogP contribution in [0, 0.1) is 0 Å². The molecule has 3 heterocycles. The molecular weight excluding hydrogens is 550 g/mol. The number of ether oxygens (including phenoxy) is 2. The van der Waals surface area contributed by atoms with Crippen molar-refractivity contribution in [2.24, 2.45) is 0 Å². The summed E-state index contributed by atoms with van der Waals surface area (Å²) in [6.07, 6.45) is 0.852. The molecule has 11 heteroatoms. The van der Waals surface area contributed by atoms with Gasteiger partial charge in [0.2, 0.25) is 5.91 Å². The molecule has 2 aromatic carbocycles. The third kappa shape index (κ3) is 6.28. The highest BCUT2D eigenvalue weighted by molar-refractivity contribution is 7.98. The standard InChI is InChI=1S/C29H32ClN5O4S/c1-19(36)33-9-11-34(12-10-33)28(37)22-6-4-5-20(13-22)18-40-29-31-26(30)16-27(32-29)35-8-7-21-14-24(38-2)25(39-3)15-23(21)17-35/h4-6,13-16H,7-12,17-18H2,1-3H3. The lowest BCUT2D eigenvalue weighted by Crippen LogP contribution is -2.50. The van der Waals surface area contributed by atoms with Gasteiger partial charge in [-0.3, -0.25) is 9.59 Å². The average Bonchev–Trinajstić information content (AvgIpc) is 2.98. The Labute approximate surface area is 243 Å². The van der Waals surface area contributed by atoms with E-state index in [2.05, 4.69) is 9.88 Å². The Hall–Kier alpha value is -3.50. The van der Waals surface area contributed by atoms with Crippen LogP contribution < -0.4 is 14.4 Å². The smallest absolute Gasteiger partial charge is 0.253 e. The lowest BCUT2D eigenvalue weighted by Gasteiger charge is -2.34. The van der Waals surface area contributed by atoms with Gasteiger partial charge in [-0.1, -0.05) is 35.5 Å². The summed E-state index contributed by atoms with van der Waals surface area (Å²) in [7, 11) is 3.29. The Morgan fingerprint density at radius 1 is 0.925 bits per heavy atom. The number of fused-ring (bicyclic) bond motifs is 1. The molecule has 0 aliphatic carbocycles. The second-order valence-corrected chi connectivity index (χ2v) is 11.1. The van der Waals surface area contributed by atoms with Crippen molar-refractivity contribution in [1.82, 2.24) is 19.8 Å². The van der Waals surface area contributed by atoms with Crippen LogP contribution in [0.15, 0.2) is 47.6 Å². The van der Waals surface area contributed by atoms with E-state index in [1.54, 1.807) is 37.0 Å². The zero-order chi connectivity index (χ0) is 28.2. The molecule has 1 fully saturated rings. The number of methoxy groups -OCH3 is 2. The van der Waals surface area contributed by atoms with Gasteiger partial charge in [0.15, 0.2) is 16.7 Å². The fourth-order valence-electron chi connectivity index (χ4n) is 5.04. The molecule has 0 bridgehead atoms. The van der Waals surface area contributed by atoms with Gasteiger partial charge in [-0.05, 0) is 47.4 Å². The molecular formula is C29H32ClN5O4S. The number of benzene rings is 2. The van der Waals surface area contributed by atoms with E-state index in [9.17, 15) is 9.59 Å². The molecule has 0 atom stereocenters. The maximum absolute atomic E-state index is 13.1. The lowest BCUT2D eigenvalue weighted by molar-refractivity contribution is -0.130. The number of amides is 2. The fraction of sp³-hybridized carbons (Fsp3) is 0.379. The van der Waals surface area contributed by atoms with Crippen LogP contribution in [0.25, 0.3) is 0 Å². The second kappa shape index (κ2) is 12.3. The summed E-state index contributed by atoms with van der Waals surface area (Å²) in [5.74, 6) is 2.84. The minimum absolute atomic E-state index is 0.0176. The third-order valence-electron chi connectivity index (χ3n) is 7.26. The summed E-state index contributed by atoms with van der Waals surface area (Å²) in [4.78, 5) is 39.7. The first-order valence-corrected chi connectivity index (χ1v) is 14.5. The first-order valence-electron chi connectivity index (χ1n) is 13.1. The monoisotopic (exact) mass is 581 g/mol. The summed E-state index contributed by atoms with van der Waals surface area (Å²) in [6.45, 7) is 5.25. The first-order chi connectivity index (χ1) is 19.3. The molecule has 210 valence electrons. The van der Waals surface area contributed by atoms with Gasteiger partial charge in [-0.2, -0.15) is 0 Å². The van der Waals surface area contributed by atoms with Gasteiger partial charge in [-0.15, -0.1) is 0 Å². The number of halogens is 1. The Morgan fingerprint density at radius 3 is 2.33 bits per heavy atom. The van der Waals surface area contributed by atoms with Gasteiger partial charge >= 0.3 is 0 Å². The molecule has 1 saturated heterocycles.